The molecule has 2 heteroatoms. The molecule has 2 aliphatic carbocycles. The minimum absolute atomic E-state index is 0.604. The van der Waals surface area contributed by atoms with Crippen molar-refractivity contribution in [1.82, 2.24) is 0 Å². The van der Waals surface area contributed by atoms with Gasteiger partial charge in [0.2, 0.25) is 0 Å². The first-order valence-electron chi connectivity index (χ1n) is 7.05. The zero-order valence-electron chi connectivity index (χ0n) is 11.3. The van der Waals surface area contributed by atoms with E-state index in [1.165, 1.54) is 30.4 Å². The zero-order chi connectivity index (χ0) is 12.8. The maximum atomic E-state index is 10.4. The number of aryl methyl sites for hydroxylation is 2. The van der Waals surface area contributed by atoms with Crippen LogP contribution in [0, 0.1) is 19.8 Å². The Morgan fingerprint density at radius 1 is 1.22 bits per heavy atom. The second-order valence-electron chi connectivity index (χ2n) is 6.07. The van der Waals surface area contributed by atoms with Gasteiger partial charge < -0.3 is 9.84 Å². The minimum atomic E-state index is -0.604. The number of hydrogen-bond donors (Lipinski definition) is 1. The van der Waals surface area contributed by atoms with E-state index in [1.54, 1.807) is 0 Å². The van der Waals surface area contributed by atoms with Crippen molar-refractivity contribution in [3.05, 3.63) is 28.8 Å². The maximum Gasteiger partial charge on any atom is 0.125 e. The van der Waals surface area contributed by atoms with E-state index in [2.05, 4.69) is 26.0 Å². The lowest BCUT2D eigenvalue weighted by atomic mass is 9.86. The van der Waals surface area contributed by atoms with E-state index in [9.17, 15) is 5.11 Å². The van der Waals surface area contributed by atoms with E-state index < -0.39 is 5.60 Å². The van der Waals surface area contributed by atoms with Crippen LogP contribution in [0.25, 0.3) is 0 Å². The quantitative estimate of drug-likeness (QED) is 0.881. The van der Waals surface area contributed by atoms with Crippen LogP contribution in [0.2, 0.25) is 0 Å². The molecule has 0 aliphatic heterocycles. The highest BCUT2D eigenvalue weighted by Crippen LogP contribution is 2.49. The Kier molecular flexibility index (Phi) is 2.86. The molecule has 18 heavy (non-hydrogen) atoms. The molecule has 0 aromatic heterocycles. The van der Waals surface area contributed by atoms with Crippen molar-refractivity contribution < 1.29 is 9.84 Å². The molecular formula is C16H22O2. The lowest BCUT2D eigenvalue weighted by Crippen LogP contribution is -2.20. The molecule has 2 saturated carbocycles. The lowest BCUT2D eigenvalue weighted by Gasteiger charge is -2.26. The topological polar surface area (TPSA) is 29.5 Å². The van der Waals surface area contributed by atoms with Crippen LogP contribution >= 0.6 is 0 Å². The summed E-state index contributed by atoms with van der Waals surface area (Å²) < 4.78 is 5.98. The highest BCUT2D eigenvalue weighted by atomic mass is 16.5. The number of ether oxygens (including phenoxy) is 1. The Morgan fingerprint density at radius 3 is 2.44 bits per heavy atom. The lowest BCUT2D eigenvalue weighted by molar-refractivity contribution is 0.137. The summed E-state index contributed by atoms with van der Waals surface area (Å²) in [5.74, 6) is 1.64. The molecule has 0 heterocycles. The fourth-order valence-electron chi connectivity index (χ4n) is 2.53. The summed E-state index contributed by atoms with van der Waals surface area (Å²) in [5.41, 5.74) is 2.88. The number of rotatable bonds is 4. The van der Waals surface area contributed by atoms with Crippen LogP contribution in [-0.4, -0.2) is 11.7 Å². The minimum Gasteiger partial charge on any atom is -0.493 e. The van der Waals surface area contributed by atoms with Crippen molar-refractivity contribution in [3.63, 3.8) is 0 Å². The summed E-state index contributed by atoms with van der Waals surface area (Å²) in [5, 5.41) is 10.4. The normalized spacial score (nSPS) is 21.5. The first-order chi connectivity index (χ1) is 8.58. The predicted molar refractivity (Wildman–Crippen MR) is 71.9 cm³/mol. The van der Waals surface area contributed by atoms with Gasteiger partial charge in [-0.3, -0.25) is 0 Å². The molecule has 2 fully saturated rings. The standard InChI is InChI=1S/C16H22O2/c1-11-8-14(16(17)6-7-16)15(9-12(11)2)18-10-13-4-3-5-13/h8-9,13,17H,3-7,10H2,1-2H3. The van der Waals surface area contributed by atoms with Gasteiger partial charge in [0.1, 0.15) is 5.75 Å². The molecular weight excluding hydrogens is 224 g/mol. The molecule has 98 valence electrons. The van der Waals surface area contributed by atoms with Crippen molar-refractivity contribution in [3.8, 4) is 5.75 Å². The summed E-state index contributed by atoms with van der Waals surface area (Å²) in [6.45, 7) is 5.01. The van der Waals surface area contributed by atoms with Crippen molar-refractivity contribution in [1.29, 1.82) is 0 Å². The van der Waals surface area contributed by atoms with Gasteiger partial charge in [0, 0.05) is 5.56 Å². The van der Waals surface area contributed by atoms with Gasteiger partial charge >= 0.3 is 0 Å². The van der Waals surface area contributed by atoms with Crippen LogP contribution < -0.4 is 4.74 Å². The molecule has 3 rings (SSSR count). The Morgan fingerprint density at radius 2 is 1.89 bits per heavy atom. The van der Waals surface area contributed by atoms with Gasteiger partial charge in [0.15, 0.2) is 0 Å². The smallest absolute Gasteiger partial charge is 0.125 e. The van der Waals surface area contributed by atoms with E-state index in [-0.39, 0.29) is 0 Å². The molecule has 0 unspecified atom stereocenters. The molecule has 0 atom stereocenters. The Hall–Kier alpha value is -1.02. The SMILES string of the molecule is Cc1cc(OCC2CCC2)c(C2(O)CC2)cc1C. The van der Waals surface area contributed by atoms with Crippen molar-refractivity contribution in [2.45, 2.75) is 51.6 Å². The van der Waals surface area contributed by atoms with Gasteiger partial charge in [-0.1, -0.05) is 6.42 Å². The van der Waals surface area contributed by atoms with Crippen LogP contribution in [0.4, 0.5) is 0 Å². The molecule has 2 aliphatic rings. The number of aliphatic hydroxyl groups is 1. The van der Waals surface area contributed by atoms with Gasteiger partial charge in [-0.25, -0.2) is 0 Å². The Labute approximate surface area is 109 Å². The average molecular weight is 246 g/mol. The molecule has 2 nitrogen and oxygen atoms in total. The van der Waals surface area contributed by atoms with Gasteiger partial charge in [0.25, 0.3) is 0 Å². The van der Waals surface area contributed by atoms with Crippen LogP contribution in [0.1, 0.15) is 48.8 Å². The highest BCUT2D eigenvalue weighted by molar-refractivity contribution is 5.46. The summed E-state index contributed by atoms with van der Waals surface area (Å²) in [6.07, 6.45) is 5.68. The van der Waals surface area contributed by atoms with E-state index in [4.69, 9.17) is 4.74 Å². The largest absolute Gasteiger partial charge is 0.493 e. The van der Waals surface area contributed by atoms with Crippen LogP contribution in [0.5, 0.6) is 5.75 Å². The summed E-state index contributed by atoms with van der Waals surface area (Å²) in [7, 11) is 0. The third kappa shape index (κ3) is 2.14. The summed E-state index contributed by atoms with van der Waals surface area (Å²) >= 11 is 0. The van der Waals surface area contributed by atoms with E-state index in [0.717, 1.165) is 36.7 Å². The molecule has 1 aromatic carbocycles. The third-order valence-electron chi connectivity index (χ3n) is 4.52. The van der Waals surface area contributed by atoms with Gasteiger partial charge in [-0.05, 0) is 68.7 Å². The van der Waals surface area contributed by atoms with Crippen LogP contribution in [0.3, 0.4) is 0 Å². The summed E-state index contributed by atoms with van der Waals surface area (Å²) in [4.78, 5) is 0. The molecule has 0 radical (unpaired) electrons. The summed E-state index contributed by atoms with van der Waals surface area (Å²) in [6, 6.07) is 4.21. The fourth-order valence-corrected chi connectivity index (χ4v) is 2.53. The fraction of sp³-hybridized carbons (Fsp3) is 0.625. The van der Waals surface area contributed by atoms with Crippen molar-refractivity contribution in [2.75, 3.05) is 6.61 Å². The van der Waals surface area contributed by atoms with Crippen LogP contribution in [-0.2, 0) is 5.60 Å². The van der Waals surface area contributed by atoms with Gasteiger partial charge in [0.05, 0.1) is 12.2 Å². The predicted octanol–water partition coefficient (Wildman–Crippen LogP) is 3.46. The highest BCUT2D eigenvalue weighted by Gasteiger charge is 2.44. The Bertz CT molecular complexity index is 456. The molecule has 0 amide bonds. The van der Waals surface area contributed by atoms with Gasteiger partial charge in [-0.15, -0.1) is 0 Å². The van der Waals surface area contributed by atoms with Crippen molar-refractivity contribution in [2.24, 2.45) is 5.92 Å². The third-order valence-corrected chi connectivity index (χ3v) is 4.52. The number of hydrogen-bond acceptors (Lipinski definition) is 2. The average Bonchev–Trinajstić information content (AvgIpc) is 3.00. The first kappa shape index (κ1) is 12.0. The van der Waals surface area contributed by atoms with E-state index in [1.807, 2.05) is 0 Å². The molecule has 0 spiro atoms. The monoisotopic (exact) mass is 246 g/mol. The Balaban J connectivity index is 1.83. The molecule has 0 saturated heterocycles. The van der Waals surface area contributed by atoms with E-state index >= 15 is 0 Å². The van der Waals surface area contributed by atoms with Crippen molar-refractivity contribution >= 4 is 0 Å². The molecule has 0 bridgehead atoms. The molecule has 1 aromatic rings. The van der Waals surface area contributed by atoms with E-state index in [0.29, 0.717) is 0 Å². The second kappa shape index (κ2) is 4.27. The molecule has 1 N–H and O–H groups in total. The van der Waals surface area contributed by atoms with Crippen LogP contribution in [0.15, 0.2) is 12.1 Å². The number of benzene rings is 1. The zero-order valence-corrected chi connectivity index (χ0v) is 11.3. The van der Waals surface area contributed by atoms with Gasteiger partial charge in [-0.2, -0.15) is 0 Å². The second-order valence-corrected chi connectivity index (χ2v) is 6.07. The maximum absolute atomic E-state index is 10.4. The first-order valence-corrected chi connectivity index (χ1v) is 7.05.